The van der Waals surface area contributed by atoms with Crippen LogP contribution in [-0.2, 0) is 18.3 Å². The first-order chi connectivity index (χ1) is 13.5. The van der Waals surface area contributed by atoms with Gasteiger partial charge >= 0.3 is 0 Å². The molecule has 2 aliphatic rings. The number of halogens is 1. The molecule has 1 aromatic heterocycles. The van der Waals surface area contributed by atoms with Gasteiger partial charge in [0.2, 0.25) is 0 Å². The van der Waals surface area contributed by atoms with Crippen molar-refractivity contribution in [3.63, 3.8) is 0 Å². The molecular weight excluding hydrogens is 481 g/mol. The van der Waals surface area contributed by atoms with Crippen LogP contribution in [-0.4, -0.2) is 71.1 Å². The molecule has 1 aliphatic heterocycles. The fourth-order valence-corrected chi connectivity index (χ4v) is 4.31. The monoisotopic (exact) mass is 519 g/mol. The van der Waals surface area contributed by atoms with Gasteiger partial charge in [0.1, 0.15) is 12.4 Å². The summed E-state index contributed by atoms with van der Waals surface area (Å²) in [5, 5.41) is 15.6. The predicted molar refractivity (Wildman–Crippen MR) is 127 cm³/mol. The number of aryl methyl sites for hydroxylation is 1. The second kappa shape index (κ2) is 12.0. The number of nitrogens with zero attached hydrogens (tertiary/aromatic N) is 5. The molecule has 0 spiro atoms. The molecule has 2 heterocycles. The number of ether oxygens (including phenoxy) is 1. The van der Waals surface area contributed by atoms with Crippen LogP contribution >= 0.6 is 24.0 Å². The molecule has 2 atom stereocenters. The van der Waals surface area contributed by atoms with Crippen molar-refractivity contribution in [1.82, 2.24) is 30.3 Å². The lowest BCUT2D eigenvalue weighted by atomic mass is 9.80. The van der Waals surface area contributed by atoms with Gasteiger partial charge in [0, 0.05) is 39.3 Å². The van der Waals surface area contributed by atoms with Crippen molar-refractivity contribution in [2.45, 2.75) is 52.6 Å². The SMILES string of the molecule is Cc1nnc(CN=C(NCCN2CCOCC2)NC2CC(C)CC(C)C2)n1C.I. The van der Waals surface area contributed by atoms with E-state index in [0.717, 1.165) is 68.8 Å². The van der Waals surface area contributed by atoms with Gasteiger partial charge in [-0.2, -0.15) is 0 Å². The van der Waals surface area contributed by atoms with Crippen molar-refractivity contribution in [3.05, 3.63) is 11.6 Å². The molecule has 0 bridgehead atoms. The molecule has 166 valence electrons. The second-order valence-electron chi connectivity index (χ2n) is 8.53. The van der Waals surface area contributed by atoms with Crippen LogP contribution in [0.15, 0.2) is 4.99 Å². The van der Waals surface area contributed by atoms with Crippen LogP contribution in [0, 0.1) is 18.8 Å². The Hall–Kier alpha value is -0.940. The van der Waals surface area contributed by atoms with E-state index < -0.39 is 0 Å². The molecule has 8 nitrogen and oxygen atoms in total. The maximum atomic E-state index is 5.44. The Morgan fingerprint density at radius 1 is 1.14 bits per heavy atom. The highest BCUT2D eigenvalue weighted by Crippen LogP contribution is 2.28. The highest BCUT2D eigenvalue weighted by atomic mass is 127. The highest BCUT2D eigenvalue weighted by Gasteiger charge is 2.24. The van der Waals surface area contributed by atoms with Crippen LogP contribution in [0.2, 0.25) is 0 Å². The zero-order chi connectivity index (χ0) is 19.9. The summed E-state index contributed by atoms with van der Waals surface area (Å²) in [5.41, 5.74) is 0. The summed E-state index contributed by atoms with van der Waals surface area (Å²) in [7, 11) is 1.99. The molecule has 0 amide bonds. The highest BCUT2D eigenvalue weighted by molar-refractivity contribution is 14.0. The Morgan fingerprint density at radius 2 is 1.83 bits per heavy atom. The summed E-state index contributed by atoms with van der Waals surface area (Å²) in [5.74, 6) is 4.21. The lowest BCUT2D eigenvalue weighted by Gasteiger charge is -2.33. The Bertz CT molecular complexity index is 635. The van der Waals surface area contributed by atoms with Crippen molar-refractivity contribution in [3.8, 4) is 0 Å². The number of morpholine rings is 1. The van der Waals surface area contributed by atoms with Gasteiger partial charge in [-0.25, -0.2) is 4.99 Å². The molecular formula is C20H38IN7O. The molecule has 29 heavy (non-hydrogen) atoms. The minimum atomic E-state index is 0. The van der Waals surface area contributed by atoms with Crippen LogP contribution in [0.4, 0.5) is 0 Å². The molecule has 1 aliphatic carbocycles. The average Bonchev–Trinajstić information content (AvgIpc) is 2.98. The lowest BCUT2D eigenvalue weighted by molar-refractivity contribution is 0.0389. The van der Waals surface area contributed by atoms with Gasteiger partial charge in [0.15, 0.2) is 11.8 Å². The van der Waals surface area contributed by atoms with E-state index in [1.54, 1.807) is 0 Å². The normalized spacial score (nSPS) is 26.1. The quantitative estimate of drug-likeness (QED) is 0.340. The number of hydrogen-bond acceptors (Lipinski definition) is 5. The first-order valence-corrected chi connectivity index (χ1v) is 10.7. The summed E-state index contributed by atoms with van der Waals surface area (Å²) in [6.07, 6.45) is 3.74. The zero-order valence-corrected chi connectivity index (χ0v) is 20.7. The Labute approximate surface area is 192 Å². The lowest BCUT2D eigenvalue weighted by Crippen LogP contribution is -2.48. The fourth-order valence-electron chi connectivity index (χ4n) is 4.31. The molecule has 0 radical (unpaired) electrons. The van der Waals surface area contributed by atoms with Crippen molar-refractivity contribution in [2.24, 2.45) is 23.9 Å². The van der Waals surface area contributed by atoms with E-state index in [1.165, 1.54) is 19.3 Å². The number of guanidine groups is 1. The smallest absolute Gasteiger partial charge is 0.191 e. The van der Waals surface area contributed by atoms with E-state index in [-0.39, 0.29) is 24.0 Å². The Morgan fingerprint density at radius 3 is 2.45 bits per heavy atom. The molecule has 9 heteroatoms. The molecule has 1 saturated heterocycles. The van der Waals surface area contributed by atoms with E-state index >= 15 is 0 Å². The maximum absolute atomic E-state index is 5.44. The van der Waals surface area contributed by atoms with Crippen molar-refractivity contribution < 1.29 is 4.74 Å². The Kier molecular flexibility index (Phi) is 10.1. The molecule has 1 saturated carbocycles. The zero-order valence-electron chi connectivity index (χ0n) is 18.4. The fraction of sp³-hybridized carbons (Fsp3) is 0.850. The molecule has 0 aromatic carbocycles. The van der Waals surface area contributed by atoms with Gasteiger partial charge in [0.05, 0.1) is 13.2 Å². The van der Waals surface area contributed by atoms with Gasteiger partial charge in [-0.05, 0) is 38.0 Å². The maximum Gasteiger partial charge on any atom is 0.191 e. The summed E-state index contributed by atoms with van der Waals surface area (Å²) in [6.45, 7) is 12.8. The van der Waals surface area contributed by atoms with Gasteiger partial charge in [-0.15, -0.1) is 34.2 Å². The van der Waals surface area contributed by atoms with Crippen LogP contribution < -0.4 is 10.6 Å². The van der Waals surface area contributed by atoms with Gasteiger partial charge in [-0.3, -0.25) is 4.90 Å². The summed E-state index contributed by atoms with van der Waals surface area (Å²) < 4.78 is 7.43. The summed E-state index contributed by atoms with van der Waals surface area (Å²) in [4.78, 5) is 7.26. The van der Waals surface area contributed by atoms with Crippen LogP contribution in [0.1, 0.15) is 44.8 Å². The first-order valence-electron chi connectivity index (χ1n) is 10.7. The van der Waals surface area contributed by atoms with Crippen molar-refractivity contribution in [2.75, 3.05) is 39.4 Å². The molecule has 2 unspecified atom stereocenters. The van der Waals surface area contributed by atoms with E-state index in [4.69, 9.17) is 9.73 Å². The third-order valence-electron chi connectivity index (χ3n) is 5.90. The molecule has 2 N–H and O–H groups in total. The van der Waals surface area contributed by atoms with Crippen molar-refractivity contribution >= 4 is 29.9 Å². The predicted octanol–water partition coefficient (Wildman–Crippen LogP) is 1.93. The Balaban J connectivity index is 0.00000300. The van der Waals surface area contributed by atoms with E-state index in [2.05, 4.69) is 39.6 Å². The minimum Gasteiger partial charge on any atom is -0.379 e. The minimum absolute atomic E-state index is 0. The standard InChI is InChI=1S/C20H37N7O.HI/c1-15-11-16(2)13-18(12-15)23-20(21-5-6-27-7-9-28-10-8-27)22-14-19-25-24-17(3)26(19)4;/h15-16,18H,5-14H2,1-4H3,(H2,21,22,23);1H. The van der Waals surface area contributed by atoms with Gasteiger partial charge in [0.25, 0.3) is 0 Å². The summed E-state index contributed by atoms with van der Waals surface area (Å²) in [6, 6.07) is 0.481. The number of nitrogens with one attached hydrogen (secondary N) is 2. The third kappa shape index (κ3) is 7.67. The van der Waals surface area contributed by atoms with Gasteiger partial charge < -0.3 is 19.9 Å². The number of aliphatic imine (C=N–C) groups is 1. The van der Waals surface area contributed by atoms with E-state index in [9.17, 15) is 0 Å². The number of aromatic nitrogens is 3. The number of rotatable bonds is 6. The molecule has 2 fully saturated rings. The van der Waals surface area contributed by atoms with Crippen LogP contribution in [0.3, 0.4) is 0 Å². The third-order valence-corrected chi connectivity index (χ3v) is 5.90. The topological polar surface area (TPSA) is 79.6 Å². The van der Waals surface area contributed by atoms with E-state index in [1.807, 2.05) is 18.5 Å². The van der Waals surface area contributed by atoms with Gasteiger partial charge in [-0.1, -0.05) is 13.8 Å². The van der Waals surface area contributed by atoms with Crippen molar-refractivity contribution in [1.29, 1.82) is 0 Å². The molecule has 1 aromatic rings. The summed E-state index contributed by atoms with van der Waals surface area (Å²) >= 11 is 0. The van der Waals surface area contributed by atoms with Crippen LogP contribution in [0.25, 0.3) is 0 Å². The first kappa shape index (κ1) is 24.3. The average molecular weight is 519 g/mol. The number of hydrogen-bond donors (Lipinski definition) is 2. The molecule has 3 rings (SSSR count). The van der Waals surface area contributed by atoms with E-state index in [0.29, 0.717) is 12.6 Å². The second-order valence-corrected chi connectivity index (χ2v) is 8.53. The largest absolute Gasteiger partial charge is 0.379 e. The van der Waals surface area contributed by atoms with Crippen LogP contribution in [0.5, 0.6) is 0 Å².